The first-order valence-electron chi connectivity index (χ1n) is 10.8. The second-order valence-electron chi connectivity index (χ2n) is 8.12. The van der Waals surface area contributed by atoms with E-state index in [1.807, 2.05) is 77.1 Å². The SMILES string of the molecule is O=S(c1ccc(Cc2c(O)cc3ccc(C#CCc4ccccc4)cc3c2O)cc1)N1CC1. The van der Waals surface area contributed by atoms with Crippen molar-refractivity contribution in [3.8, 4) is 23.3 Å². The van der Waals surface area contributed by atoms with Crippen LogP contribution in [0.3, 0.4) is 0 Å². The van der Waals surface area contributed by atoms with Crippen molar-refractivity contribution in [1.29, 1.82) is 0 Å². The third-order valence-corrected chi connectivity index (χ3v) is 7.22. The fourth-order valence-electron chi connectivity index (χ4n) is 3.79. The Morgan fingerprint density at radius 3 is 2.36 bits per heavy atom. The van der Waals surface area contributed by atoms with E-state index >= 15 is 0 Å². The Balaban J connectivity index is 1.40. The van der Waals surface area contributed by atoms with Gasteiger partial charge < -0.3 is 10.2 Å². The summed E-state index contributed by atoms with van der Waals surface area (Å²) in [6.07, 6.45) is 1.03. The van der Waals surface area contributed by atoms with Crippen molar-refractivity contribution >= 4 is 21.8 Å². The van der Waals surface area contributed by atoms with Gasteiger partial charge in [-0.05, 0) is 46.8 Å². The van der Waals surface area contributed by atoms with Crippen LogP contribution in [0.1, 0.15) is 22.3 Å². The molecule has 1 saturated heterocycles. The largest absolute Gasteiger partial charge is 0.507 e. The molecule has 1 unspecified atom stereocenters. The van der Waals surface area contributed by atoms with Gasteiger partial charge in [0, 0.05) is 42.4 Å². The van der Waals surface area contributed by atoms with Crippen molar-refractivity contribution in [2.45, 2.75) is 17.7 Å². The maximum absolute atomic E-state index is 12.3. The van der Waals surface area contributed by atoms with E-state index in [1.54, 1.807) is 6.07 Å². The number of benzene rings is 4. The van der Waals surface area contributed by atoms with E-state index in [9.17, 15) is 14.4 Å². The molecule has 1 aliphatic rings. The first-order valence-corrected chi connectivity index (χ1v) is 12.0. The molecule has 2 N–H and O–H groups in total. The minimum Gasteiger partial charge on any atom is -0.507 e. The Kier molecular flexibility index (Phi) is 5.87. The summed E-state index contributed by atoms with van der Waals surface area (Å²) in [5, 5.41) is 23.0. The molecule has 164 valence electrons. The first-order chi connectivity index (χ1) is 16.1. The Hall–Kier alpha value is -3.59. The van der Waals surface area contributed by atoms with Crippen molar-refractivity contribution in [2.75, 3.05) is 13.1 Å². The fourth-order valence-corrected chi connectivity index (χ4v) is 4.87. The van der Waals surface area contributed by atoms with Gasteiger partial charge in [-0.25, -0.2) is 8.51 Å². The lowest BCUT2D eigenvalue weighted by Gasteiger charge is -2.12. The van der Waals surface area contributed by atoms with Crippen LogP contribution >= 0.6 is 0 Å². The van der Waals surface area contributed by atoms with E-state index in [-0.39, 0.29) is 11.5 Å². The molecule has 0 aliphatic carbocycles. The van der Waals surface area contributed by atoms with Crippen LogP contribution in [0.15, 0.2) is 83.8 Å². The molecule has 0 bridgehead atoms. The van der Waals surface area contributed by atoms with Crippen LogP contribution in [0.2, 0.25) is 0 Å². The van der Waals surface area contributed by atoms with E-state index in [2.05, 4.69) is 11.8 Å². The van der Waals surface area contributed by atoms with Gasteiger partial charge in [0.05, 0.1) is 4.90 Å². The Bertz CT molecular complexity index is 1400. The smallest absolute Gasteiger partial charge is 0.130 e. The van der Waals surface area contributed by atoms with Gasteiger partial charge in [0.15, 0.2) is 0 Å². The van der Waals surface area contributed by atoms with E-state index in [0.29, 0.717) is 23.8 Å². The molecule has 0 spiro atoms. The van der Waals surface area contributed by atoms with Gasteiger partial charge in [-0.3, -0.25) is 0 Å². The number of phenolic OH excluding ortho intramolecular Hbond substituents is 2. The molecule has 0 radical (unpaired) electrons. The quantitative estimate of drug-likeness (QED) is 0.338. The number of aromatic hydroxyl groups is 2. The number of hydrogen-bond donors (Lipinski definition) is 2. The molecule has 1 aliphatic heterocycles. The molecule has 1 atom stereocenters. The normalized spacial score (nSPS) is 13.9. The minimum atomic E-state index is -1.10. The third kappa shape index (κ3) is 4.78. The van der Waals surface area contributed by atoms with Gasteiger partial charge in [0.25, 0.3) is 0 Å². The molecule has 1 heterocycles. The van der Waals surface area contributed by atoms with Crippen LogP contribution in [0.5, 0.6) is 11.5 Å². The summed E-state index contributed by atoms with van der Waals surface area (Å²) in [6, 6.07) is 24.8. The zero-order valence-corrected chi connectivity index (χ0v) is 18.8. The highest BCUT2D eigenvalue weighted by molar-refractivity contribution is 7.83. The van der Waals surface area contributed by atoms with Gasteiger partial charge in [0.2, 0.25) is 0 Å². The van der Waals surface area contributed by atoms with Crippen molar-refractivity contribution in [2.24, 2.45) is 0 Å². The minimum absolute atomic E-state index is 0.0552. The van der Waals surface area contributed by atoms with Gasteiger partial charge >= 0.3 is 0 Å². The Morgan fingerprint density at radius 1 is 0.879 bits per heavy atom. The average molecular weight is 454 g/mol. The maximum Gasteiger partial charge on any atom is 0.130 e. The summed E-state index contributed by atoms with van der Waals surface area (Å²) in [5.74, 6) is 6.47. The predicted octanol–water partition coefficient (Wildman–Crippen LogP) is 4.77. The van der Waals surface area contributed by atoms with Crippen molar-refractivity contribution in [3.63, 3.8) is 0 Å². The lowest BCUT2D eigenvalue weighted by Crippen LogP contribution is -2.02. The number of hydrogen-bond acceptors (Lipinski definition) is 3. The standard InChI is InChI=1S/C28H23NO3S/c30-27-19-23-12-9-21(8-4-7-20-5-2-1-3-6-20)17-25(23)28(31)26(27)18-22-10-13-24(14-11-22)33(32)29-15-16-29/h1-3,5-6,9-14,17,19,30-31H,7,15-16,18H2. The molecule has 4 aromatic rings. The highest BCUT2D eigenvalue weighted by Crippen LogP contribution is 2.37. The van der Waals surface area contributed by atoms with Crippen LogP contribution in [-0.4, -0.2) is 31.8 Å². The van der Waals surface area contributed by atoms with E-state index in [0.717, 1.165) is 40.1 Å². The average Bonchev–Trinajstić information content (AvgIpc) is 3.68. The van der Waals surface area contributed by atoms with Crippen LogP contribution in [0.4, 0.5) is 0 Å². The number of nitrogens with zero attached hydrogens (tertiary/aromatic N) is 1. The van der Waals surface area contributed by atoms with Gasteiger partial charge in [-0.1, -0.05) is 60.4 Å². The highest BCUT2D eigenvalue weighted by Gasteiger charge is 2.25. The lowest BCUT2D eigenvalue weighted by molar-refractivity contribution is 0.445. The maximum atomic E-state index is 12.3. The molecule has 1 fully saturated rings. The summed E-state index contributed by atoms with van der Waals surface area (Å²) < 4.78 is 14.2. The molecule has 5 heteroatoms. The number of phenols is 2. The summed E-state index contributed by atoms with van der Waals surface area (Å²) in [7, 11) is -1.10. The number of rotatable bonds is 5. The van der Waals surface area contributed by atoms with Crippen LogP contribution < -0.4 is 0 Å². The second-order valence-corrected chi connectivity index (χ2v) is 9.61. The monoisotopic (exact) mass is 453 g/mol. The highest BCUT2D eigenvalue weighted by atomic mass is 32.2. The second kappa shape index (κ2) is 9.11. The summed E-state index contributed by atoms with van der Waals surface area (Å²) in [5.41, 5.74) is 3.36. The van der Waals surface area contributed by atoms with Crippen molar-refractivity contribution in [1.82, 2.24) is 4.31 Å². The van der Waals surface area contributed by atoms with Crippen LogP contribution in [0.25, 0.3) is 10.8 Å². The summed E-state index contributed by atoms with van der Waals surface area (Å²) >= 11 is 0. The van der Waals surface area contributed by atoms with Crippen LogP contribution in [-0.2, 0) is 23.8 Å². The Labute approximate surface area is 195 Å². The molecule has 33 heavy (non-hydrogen) atoms. The Morgan fingerprint density at radius 2 is 1.64 bits per heavy atom. The van der Waals surface area contributed by atoms with Crippen LogP contribution in [0, 0.1) is 11.8 Å². The fraction of sp³-hybridized carbons (Fsp3) is 0.143. The topological polar surface area (TPSA) is 60.5 Å². The molecule has 0 aromatic heterocycles. The molecular formula is C28H23NO3S. The number of fused-ring (bicyclic) bond motifs is 1. The molecule has 5 rings (SSSR count). The van der Waals surface area contributed by atoms with Gasteiger partial charge in [-0.15, -0.1) is 0 Å². The van der Waals surface area contributed by atoms with Gasteiger partial charge in [-0.2, -0.15) is 0 Å². The summed E-state index contributed by atoms with van der Waals surface area (Å²) in [4.78, 5) is 0.766. The van der Waals surface area contributed by atoms with Crippen molar-refractivity contribution < 1.29 is 14.4 Å². The zero-order valence-electron chi connectivity index (χ0n) is 18.0. The molecular weight excluding hydrogens is 430 g/mol. The molecule has 0 saturated carbocycles. The van der Waals surface area contributed by atoms with Crippen molar-refractivity contribution in [3.05, 3.63) is 101 Å². The lowest BCUT2D eigenvalue weighted by atomic mass is 9.97. The van der Waals surface area contributed by atoms with E-state index in [1.165, 1.54) is 0 Å². The third-order valence-electron chi connectivity index (χ3n) is 5.71. The zero-order chi connectivity index (χ0) is 22.8. The van der Waals surface area contributed by atoms with Gasteiger partial charge in [0.1, 0.15) is 22.5 Å². The summed E-state index contributed by atoms with van der Waals surface area (Å²) in [6.45, 7) is 1.73. The first kappa shape index (κ1) is 21.3. The molecule has 0 amide bonds. The molecule has 4 nitrogen and oxygen atoms in total. The predicted molar refractivity (Wildman–Crippen MR) is 132 cm³/mol. The molecule has 4 aromatic carbocycles. The van der Waals surface area contributed by atoms with E-state index < -0.39 is 11.0 Å². The van der Waals surface area contributed by atoms with E-state index in [4.69, 9.17) is 0 Å².